The van der Waals surface area contributed by atoms with Gasteiger partial charge in [0, 0.05) is 13.3 Å². The zero-order valence-electron chi connectivity index (χ0n) is 11.3. The number of nitrogens with zero attached hydrogens (tertiary/aromatic N) is 3. The van der Waals surface area contributed by atoms with E-state index in [1.807, 2.05) is 30.3 Å². The summed E-state index contributed by atoms with van der Waals surface area (Å²) in [4.78, 5) is 8.30. The molecule has 2 aromatic heterocycles. The Morgan fingerprint density at radius 3 is 2.67 bits per heavy atom. The van der Waals surface area contributed by atoms with Crippen molar-refractivity contribution in [3.63, 3.8) is 0 Å². The Hall–Kier alpha value is -2.73. The van der Waals surface area contributed by atoms with Crippen LogP contribution in [0.3, 0.4) is 0 Å². The molecule has 0 amide bonds. The number of benzene rings is 1. The zero-order valence-corrected chi connectivity index (χ0v) is 11.3. The fraction of sp³-hybridized carbons (Fsp3) is 0.133. The van der Waals surface area contributed by atoms with E-state index in [1.165, 1.54) is 6.07 Å². The SMILES string of the molecule is COC(c1ccccc1)c1noc(-c2ncccc2O)n1. The van der Waals surface area contributed by atoms with E-state index in [0.717, 1.165) is 5.56 Å². The predicted molar refractivity (Wildman–Crippen MR) is 74.5 cm³/mol. The van der Waals surface area contributed by atoms with E-state index in [4.69, 9.17) is 9.26 Å². The number of aromatic hydroxyl groups is 1. The normalized spacial score (nSPS) is 12.2. The van der Waals surface area contributed by atoms with Crippen molar-refractivity contribution in [2.24, 2.45) is 0 Å². The van der Waals surface area contributed by atoms with Crippen molar-refractivity contribution in [2.45, 2.75) is 6.10 Å². The standard InChI is InChI=1S/C15H13N3O3/c1-20-13(10-6-3-2-4-7-10)14-17-15(21-18-14)12-11(19)8-5-9-16-12/h2-9,13,19H,1H3. The second kappa shape index (κ2) is 5.72. The molecule has 6 nitrogen and oxygen atoms in total. The number of hydrogen-bond acceptors (Lipinski definition) is 6. The van der Waals surface area contributed by atoms with Gasteiger partial charge in [-0.2, -0.15) is 4.98 Å². The van der Waals surface area contributed by atoms with Gasteiger partial charge < -0.3 is 14.4 Å². The van der Waals surface area contributed by atoms with Gasteiger partial charge >= 0.3 is 0 Å². The molecule has 0 bridgehead atoms. The fourth-order valence-corrected chi connectivity index (χ4v) is 2.02. The Morgan fingerprint density at radius 2 is 1.95 bits per heavy atom. The summed E-state index contributed by atoms with van der Waals surface area (Å²) in [7, 11) is 1.58. The second-order valence-electron chi connectivity index (χ2n) is 4.36. The molecule has 0 radical (unpaired) electrons. The third-order valence-corrected chi connectivity index (χ3v) is 3.00. The van der Waals surface area contributed by atoms with Crippen molar-refractivity contribution in [2.75, 3.05) is 7.11 Å². The minimum atomic E-state index is -0.436. The molecular formula is C15H13N3O3. The van der Waals surface area contributed by atoms with E-state index < -0.39 is 6.10 Å². The summed E-state index contributed by atoms with van der Waals surface area (Å²) in [6, 6.07) is 12.7. The van der Waals surface area contributed by atoms with E-state index in [1.54, 1.807) is 19.4 Å². The Morgan fingerprint density at radius 1 is 1.14 bits per heavy atom. The maximum Gasteiger partial charge on any atom is 0.280 e. The van der Waals surface area contributed by atoms with E-state index in [9.17, 15) is 5.11 Å². The molecular weight excluding hydrogens is 270 g/mol. The monoisotopic (exact) mass is 283 g/mol. The highest BCUT2D eigenvalue weighted by Crippen LogP contribution is 2.28. The van der Waals surface area contributed by atoms with Gasteiger partial charge in [-0.1, -0.05) is 35.5 Å². The molecule has 0 aliphatic carbocycles. The lowest BCUT2D eigenvalue weighted by Gasteiger charge is -2.10. The second-order valence-corrected chi connectivity index (χ2v) is 4.36. The molecule has 3 rings (SSSR count). The Bertz CT molecular complexity index is 728. The molecule has 1 aromatic carbocycles. The largest absolute Gasteiger partial charge is 0.505 e. The van der Waals surface area contributed by atoms with Crippen LogP contribution >= 0.6 is 0 Å². The van der Waals surface area contributed by atoms with Gasteiger partial charge in [-0.3, -0.25) is 0 Å². The summed E-state index contributed by atoms with van der Waals surface area (Å²) in [6.45, 7) is 0. The summed E-state index contributed by atoms with van der Waals surface area (Å²) in [5.74, 6) is 0.520. The molecule has 0 fully saturated rings. The summed E-state index contributed by atoms with van der Waals surface area (Å²) in [5, 5.41) is 13.7. The fourth-order valence-electron chi connectivity index (χ4n) is 2.02. The van der Waals surface area contributed by atoms with Gasteiger partial charge in [0.25, 0.3) is 5.89 Å². The van der Waals surface area contributed by atoms with Crippen molar-refractivity contribution in [1.82, 2.24) is 15.1 Å². The van der Waals surface area contributed by atoms with E-state index in [0.29, 0.717) is 5.82 Å². The van der Waals surface area contributed by atoms with Crippen LogP contribution in [0.2, 0.25) is 0 Å². The minimum absolute atomic E-state index is 0.0126. The number of pyridine rings is 1. The van der Waals surface area contributed by atoms with Crippen LogP contribution in [-0.4, -0.2) is 27.3 Å². The van der Waals surface area contributed by atoms with Crippen LogP contribution in [0.25, 0.3) is 11.6 Å². The van der Waals surface area contributed by atoms with Gasteiger partial charge in [0.05, 0.1) is 0 Å². The maximum absolute atomic E-state index is 9.76. The molecule has 3 aromatic rings. The molecule has 6 heteroatoms. The van der Waals surface area contributed by atoms with Gasteiger partial charge in [0.2, 0.25) is 5.82 Å². The summed E-state index contributed by atoms with van der Waals surface area (Å²) in [5.41, 5.74) is 1.16. The predicted octanol–water partition coefficient (Wildman–Crippen LogP) is 2.57. The van der Waals surface area contributed by atoms with Crippen LogP contribution < -0.4 is 0 Å². The van der Waals surface area contributed by atoms with Crippen LogP contribution in [0.15, 0.2) is 53.2 Å². The average molecular weight is 283 g/mol. The van der Waals surface area contributed by atoms with Gasteiger partial charge in [-0.05, 0) is 17.7 Å². The third-order valence-electron chi connectivity index (χ3n) is 3.00. The van der Waals surface area contributed by atoms with Crippen LogP contribution in [0, 0.1) is 0 Å². The van der Waals surface area contributed by atoms with Gasteiger partial charge in [0.1, 0.15) is 11.9 Å². The minimum Gasteiger partial charge on any atom is -0.505 e. The first-order valence-electron chi connectivity index (χ1n) is 6.35. The van der Waals surface area contributed by atoms with Crippen molar-refractivity contribution in [3.8, 4) is 17.3 Å². The lowest BCUT2D eigenvalue weighted by Crippen LogP contribution is -2.05. The van der Waals surface area contributed by atoms with Crippen LogP contribution in [0.1, 0.15) is 17.5 Å². The molecule has 2 heterocycles. The first-order chi connectivity index (χ1) is 10.3. The lowest BCUT2D eigenvalue weighted by molar-refractivity contribution is 0.126. The summed E-state index contributed by atoms with van der Waals surface area (Å²) in [6.07, 6.45) is 1.11. The Balaban J connectivity index is 1.96. The molecule has 0 aliphatic rings. The molecule has 0 spiro atoms. The van der Waals surface area contributed by atoms with Crippen molar-refractivity contribution >= 4 is 0 Å². The van der Waals surface area contributed by atoms with Gasteiger partial charge in [-0.15, -0.1) is 0 Å². The highest BCUT2D eigenvalue weighted by Gasteiger charge is 2.21. The number of methoxy groups -OCH3 is 1. The molecule has 0 aliphatic heterocycles. The first-order valence-corrected chi connectivity index (χ1v) is 6.35. The molecule has 1 unspecified atom stereocenters. The lowest BCUT2D eigenvalue weighted by atomic mass is 10.1. The molecule has 0 saturated heterocycles. The zero-order chi connectivity index (χ0) is 14.7. The van der Waals surface area contributed by atoms with Crippen molar-refractivity contribution in [3.05, 3.63) is 60.0 Å². The highest BCUT2D eigenvalue weighted by molar-refractivity contribution is 5.56. The molecule has 21 heavy (non-hydrogen) atoms. The highest BCUT2D eigenvalue weighted by atomic mass is 16.5. The quantitative estimate of drug-likeness (QED) is 0.792. The number of hydrogen-bond donors (Lipinski definition) is 1. The molecule has 1 atom stereocenters. The van der Waals surface area contributed by atoms with E-state index >= 15 is 0 Å². The van der Waals surface area contributed by atoms with Crippen LogP contribution in [0.5, 0.6) is 5.75 Å². The van der Waals surface area contributed by atoms with Crippen molar-refractivity contribution in [1.29, 1.82) is 0 Å². The Labute approximate surface area is 121 Å². The Kier molecular flexibility index (Phi) is 3.61. The van der Waals surface area contributed by atoms with Gasteiger partial charge in [-0.25, -0.2) is 4.98 Å². The van der Waals surface area contributed by atoms with Crippen LogP contribution in [-0.2, 0) is 4.74 Å². The number of ether oxygens (including phenoxy) is 1. The molecule has 0 saturated carbocycles. The molecule has 1 N–H and O–H groups in total. The number of aromatic nitrogens is 3. The average Bonchev–Trinajstić information content (AvgIpc) is 2.99. The maximum atomic E-state index is 9.76. The smallest absolute Gasteiger partial charge is 0.280 e. The van der Waals surface area contributed by atoms with Crippen LogP contribution in [0.4, 0.5) is 0 Å². The van der Waals surface area contributed by atoms with Crippen molar-refractivity contribution < 1.29 is 14.4 Å². The van der Waals surface area contributed by atoms with Gasteiger partial charge in [0.15, 0.2) is 5.69 Å². The summed E-state index contributed by atoms with van der Waals surface area (Å²) < 4.78 is 10.6. The molecule has 106 valence electrons. The number of rotatable bonds is 4. The first kappa shape index (κ1) is 13.3. The van der Waals surface area contributed by atoms with E-state index in [-0.39, 0.29) is 17.3 Å². The summed E-state index contributed by atoms with van der Waals surface area (Å²) >= 11 is 0. The van der Waals surface area contributed by atoms with E-state index in [2.05, 4.69) is 15.1 Å². The third kappa shape index (κ3) is 2.61. The topological polar surface area (TPSA) is 81.3 Å².